The second-order valence-corrected chi connectivity index (χ2v) is 2.61. The molecule has 0 aliphatic heterocycles. The van der Waals surface area contributed by atoms with Gasteiger partial charge in [-0.3, -0.25) is 4.79 Å². The van der Waals surface area contributed by atoms with Crippen LogP contribution in [0.3, 0.4) is 0 Å². The molecule has 0 saturated heterocycles. The predicted molar refractivity (Wildman–Crippen MR) is 42.4 cm³/mol. The standard InChI is InChI=1S/C8H16O3/c1-4-7(10)5-8(11-3)6(2)9/h6,8-9H,4-5H2,1-3H3. The summed E-state index contributed by atoms with van der Waals surface area (Å²) in [6.45, 7) is 3.42. The lowest BCUT2D eigenvalue weighted by molar-refractivity contribution is -0.123. The number of carbonyl (C=O) groups excluding carboxylic acids is 1. The molecule has 0 spiro atoms. The first-order valence-electron chi connectivity index (χ1n) is 3.84. The van der Waals surface area contributed by atoms with Crippen molar-refractivity contribution < 1.29 is 14.6 Å². The Morgan fingerprint density at radius 1 is 1.64 bits per heavy atom. The highest BCUT2D eigenvalue weighted by Gasteiger charge is 2.16. The number of Topliss-reactive ketones (excluding diaryl/α,β-unsaturated/α-hetero) is 1. The number of ether oxygens (including phenoxy) is 1. The lowest BCUT2D eigenvalue weighted by Gasteiger charge is -2.16. The molecule has 3 nitrogen and oxygen atoms in total. The van der Waals surface area contributed by atoms with Crippen LogP contribution in [0, 0.1) is 0 Å². The van der Waals surface area contributed by atoms with E-state index in [2.05, 4.69) is 0 Å². The first-order valence-corrected chi connectivity index (χ1v) is 3.84. The quantitative estimate of drug-likeness (QED) is 0.645. The van der Waals surface area contributed by atoms with E-state index in [0.717, 1.165) is 0 Å². The summed E-state index contributed by atoms with van der Waals surface area (Å²) >= 11 is 0. The molecular formula is C8H16O3. The van der Waals surface area contributed by atoms with E-state index < -0.39 is 6.10 Å². The Labute approximate surface area is 67.4 Å². The summed E-state index contributed by atoms with van der Waals surface area (Å²) in [7, 11) is 1.50. The van der Waals surface area contributed by atoms with Crippen LogP contribution in [-0.2, 0) is 9.53 Å². The number of carbonyl (C=O) groups is 1. The summed E-state index contributed by atoms with van der Waals surface area (Å²) in [6, 6.07) is 0. The van der Waals surface area contributed by atoms with Crippen LogP contribution in [-0.4, -0.2) is 30.2 Å². The Morgan fingerprint density at radius 3 is 2.45 bits per heavy atom. The van der Waals surface area contributed by atoms with Gasteiger partial charge in [-0.05, 0) is 6.92 Å². The highest BCUT2D eigenvalue weighted by molar-refractivity contribution is 5.78. The summed E-state index contributed by atoms with van der Waals surface area (Å²) in [4.78, 5) is 10.9. The van der Waals surface area contributed by atoms with E-state index in [1.165, 1.54) is 7.11 Å². The Kier molecular flexibility index (Phi) is 5.07. The Morgan fingerprint density at radius 2 is 2.18 bits per heavy atom. The molecule has 0 saturated carbocycles. The van der Waals surface area contributed by atoms with Gasteiger partial charge < -0.3 is 9.84 Å². The number of hydrogen-bond acceptors (Lipinski definition) is 3. The second-order valence-electron chi connectivity index (χ2n) is 2.61. The minimum absolute atomic E-state index is 0.123. The average Bonchev–Trinajstić information content (AvgIpc) is 1.99. The molecular weight excluding hydrogens is 144 g/mol. The molecule has 0 aromatic rings. The molecule has 0 bridgehead atoms. The van der Waals surface area contributed by atoms with Crippen LogP contribution in [0.5, 0.6) is 0 Å². The molecule has 11 heavy (non-hydrogen) atoms. The zero-order valence-corrected chi connectivity index (χ0v) is 7.33. The maximum absolute atomic E-state index is 10.9. The van der Waals surface area contributed by atoms with Crippen molar-refractivity contribution in [1.29, 1.82) is 0 Å². The number of aliphatic hydroxyl groups is 1. The van der Waals surface area contributed by atoms with E-state index in [1.54, 1.807) is 13.8 Å². The lowest BCUT2D eigenvalue weighted by atomic mass is 10.1. The molecule has 0 radical (unpaired) electrons. The predicted octanol–water partition coefficient (Wildman–Crippen LogP) is 0.751. The van der Waals surface area contributed by atoms with E-state index in [1.807, 2.05) is 0 Å². The number of aliphatic hydroxyl groups excluding tert-OH is 1. The number of hydrogen-bond donors (Lipinski definition) is 1. The summed E-state index contributed by atoms with van der Waals surface area (Å²) in [5.74, 6) is 0.123. The molecule has 0 aliphatic rings. The van der Waals surface area contributed by atoms with E-state index in [4.69, 9.17) is 9.84 Å². The number of rotatable bonds is 5. The van der Waals surface area contributed by atoms with Gasteiger partial charge in [-0.15, -0.1) is 0 Å². The molecule has 66 valence electrons. The first-order chi connectivity index (χ1) is 5.11. The van der Waals surface area contributed by atoms with Crippen molar-refractivity contribution in [2.24, 2.45) is 0 Å². The molecule has 0 heterocycles. The molecule has 0 aromatic heterocycles. The van der Waals surface area contributed by atoms with Crippen molar-refractivity contribution in [3.05, 3.63) is 0 Å². The van der Waals surface area contributed by atoms with Crippen LogP contribution in [0.4, 0.5) is 0 Å². The van der Waals surface area contributed by atoms with Crippen molar-refractivity contribution in [3.63, 3.8) is 0 Å². The minimum atomic E-state index is -0.574. The van der Waals surface area contributed by atoms with Crippen LogP contribution < -0.4 is 0 Å². The highest BCUT2D eigenvalue weighted by atomic mass is 16.5. The van der Waals surface area contributed by atoms with Gasteiger partial charge in [0.05, 0.1) is 12.2 Å². The monoisotopic (exact) mass is 160 g/mol. The van der Waals surface area contributed by atoms with E-state index in [9.17, 15) is 4.79 Å². The minimum Gasteiger partial charge on any atom is -0.391 e. The van der Waals surface area contributed by atoms with Gasteiger partial charge in [-0.1, -0.05) is 6.92 Å². The van der Waals surface area contributed by atoms with Crippen LogP contribution >= 0.6 is 0 Å². The normalized spacial score (nSPS) is 16.0. The molecule has 0 rings (SSSR count). The third-order valence-electron chi connectivity index (χ3n) is 1.66. The molecule has 0 fully saturated rings. The lowest BCUT2D eigenvalue weighted by Crippen LogP contribution is -2.27. The fourth-order valence-electron chi connectivity index (χ4n) is 0.820. The van der Waals surface area contributed by atoms with Crippen molar-refractivity contribution in [2.75, 3.05) is 7.11 Å². The third kappa shape index (κ3) is 4.11. The Hall–Kier alpha value is -0.410. The summed E-state index contributed by atoms with van der Waals surface area (Å²) in [5.41, 5.74) is 0. The molecule has 2 unspecified atom stereocenters. The van der Waals surface area contributed by atoms with Crippen molar-refractivity contribution in [3.8, 4) is 0 Å². The van der Waals surface area contributed by atoms with Gasteiger partial charge >= 0.3 is 0 Å². The van der Waals surface area contributed by atoms with Gasteiger partial charge in [0.25, 0.3) is 0 Å². The first kappa shape index (κ1) is 10.6. The van der Waals surface area contributed by atoms with Crippen molar-refractivity contribution in [1.82, 2.24) is 0 Å². The summed E-state index contributed by atoms with van der Waals surface area (Å²) < 4.78 is 4.91. The Bertz CT molecular complexity index is 121. The fraction of sp³-hybridized carbons (Fsp3) is 0.875. The third-order valence-corrected chi connectivity index (χ3v) is 1.66. The fourth-order valence-corrected chi connectivity index (χ4v) is 0.820. The van der Waals surface area contributed by atoms with Crippen LogP contribution in [0.1, 0.15) is 26.7 Å². The molecule has 0 aromatic carbocycles. The summed E-state index contributed by atoms with van der Waals surface area (Å²) in [5, 5.41) is 9.08. The van der Waals surface area contributed by atoms with Gasteiger partial charge in [0.1, 0.15) is 5.78 Å². The number of ketones is 1. The van der Waals surface area contributed by atoms with E-state index in [-0.39, 0.29) is 11.9 Å². The van der Waals surface area contributed by atoms with Crippen molar-refractivity contribution in [2.45, 2.75) is 38.9 Å². The zero-order chi connectivity index (χ0) is 8.85. The molecule has 0 aliphatic carbocycles. The Balaban J connectivity index is 3.78. The van der Waals surface area contributed by atoms with Crippen LogP contribution in [0.25, 0.3) is 0 Å². The second kappa shape index (κ2) is 5.27. The largest absolute Gasteiger partial charge is 0.391 e. The van der Waals surface area contributed by atoms with Gasteiger partial charge in [-0.2, -0.15) is 0 Å². The van der Waals surface area contributed by atoms with E-state index in [0.29, 0.717) is 12.8 Å². The van der Waals surface area contributed by atoms with E-state index >= 15 is 0 Å². The smallest absolute Gasteiger partial charge is 0.135 e. The molecule has 1 N–H and O–H groups in total. The van der Waals surface area contributed by atoms with Crippen molar-refractivity contribution >= 4 is 5.78 Å². The van der Waals surface area contributed by atoms with Gasteiger partial charge in [0.2, 0.25) is 0 Å². The topological polar surface area (TPSA) is 46.5 Å². The highest BCUT2D eigenvalue weighted by Crippen LogP contribution is 2.04. The van der Waals surface area contributed by atoms with Gasteiger partial charge in [0.15, 0.2) is 0 Å². The van der Waals surface area contributed by atoms with Crippen LogP contribution in [0.15, 0.2) is 0 Å². The summed E-state index contributed by atoms with van der Waals surface area (Å²) in [6.07, 6.45) is -0.102. The average molecular weight is 160 g/mol. The number of methoxy groups -OCH3 is 1. The molecule has 0 amide bonds. The van der Waals surface area contributed by atoms with Gasteiger partial charge in [0, 0.05) is 20.0 Å². The maximum Gasteiger partial charge on any atom is 0.135 e. The maximum atomic E-state index is 10.9. The van der Waals surface area contributed by atoms with Gasteiger partial charge in [-0.25, -0.2) is 0 Å². The molecule has 3 heteroatoms. The molecule has 2 atom stereocenters. The zero-order valence-electron chi connectivity index (χ0n) is 7.33. The van der Waals surface area contributed by atoms with Crippen LogP contribution in [0.2, 0.25) is 0 Å². The SMILES string of the molecule is CCC(=O)CC(OC)C(C)O.